The third kappa shape index (κ3) is 2.35. The van der Waals surface area contributed by atoms with Crippen LogP contribution in [0.5, 0.6) is 0 Å². The van der Waals surface area contributed by atoms with Crippen LogP contribution in [-0.4, -0.2) is 12.2 Å². The van der Waals surface area contributed by atoms with Crippen molar-refractivity contribution in [2.45, 2.75) is 25.9 Å². The largest absolute Gasteiger partial charge is 0.482 e. The van der Waals surface area contributed by atoms with Crippen molar-refractivity contribution in [2.24, 2.45) is 0 Å². The zero-order chi connectivity index (χ0) is 17.8. The van der Waals surface area contributed by atoms with E-state index in [1.807, 2.05) is 32.0 Å². The molecule has 0 saturated heterocycles. The Labute approximate surface area is 144 Å². The quantitative estimate of drug-likeness (QED) is 0.672. The van der Waals surface area contributed by atoms with Gasteiger partial charge >= 0.3 is 0 Å². The van der Waals surface area contributed by atoms with E-state index in [9.17, 15) is 14.0 Å². The van der Waals surface area contributed by atoms with E-state index < -0.39 is 11.4 Å². The van der Waals surface area contributed by atoms with Crippen LogP contribution in [0.1, 0.15) is 36.1 Å². The summed E-state index contributed by atoms with van der Waals surface area (Å²) in [4.78, 5) is 23.3. The first-order valence-corrected chi connectivity index (χ1v) is 8.02. The SMILES string of the molecule is CC1(C)O/C(=C2/C(=O)Nc3ccc(F)cc32)c2ccc(CC=O)cc21. The van der Waals surface area contributed by atoms with Crippen molar-refractivity contribution in [1.29, 1.82) is 0 Å². The third-order valence-electron chi connectivity index (χ3n) is 4.61. The number of rotatable bonds is 2. The summed E-state index contributed by atoms with van der Waals surface area (Å²) in [6.07, 6.45) is 1.18. The highest BCUT2D eigenvalue weighted by atomic mass is 19.1. The molecule has 4 nitrogen and oxygen atoms in total. The van der Waals surface area contributed by atoms with Crippen molar-refractivity contribution in [3.63, 3.8) is 0 Å². The molecular weight excluding hydrogens is 321 g/mol. The zero-order valence-electron chi connectivity index (χ0n) is 13.9. The number of fused-ring (bicyclic) bond motifs is 2. The second-order valence-corrected chi connectivity index (χ2v) is 6.71. The number of carbonyl (C=O) groups excluding carboxylic acids is 2. The van der Waals surface area contributed by atoms with Crippen LogP contribution in [0.25, 0.3) is 11.3 Å². The summed E-state index contributed by atoms with van der Waals surface area (Å²) >= 11 is 0. The smallest absolute Gasteiger partial charge is 0.260 e. The van der Waals surface area contributed by atoms with Gasteiger partial charge in [0.15, 0.2) is 0 Å². The molecule has 2 heterocycles. The van der Waals surface area contributed by atoms with Crippen LogP contribution in [-0.2, 0) is 26.3 Å². The molecule has 4 rings (SSSR count). The number of aldehydes is 1. The Hall–Kier alpha value is -2.95. The van der Waals surface area contributed by atoms with Gasteiger partial charge in [-0.2, -0.15) is 0 Å². The third-order valence-corrected chi connectivity index (χ3v) is 4.61. The number of anilines is 1. The topological polar surface area (TPSA) is 55.4 Å². The summed E-state index contributed by atoms with van der Waals surface area (Å²) in [5, 5.41) is 2.75. The lowest BCUT2D eigenvalue weighted by Gasteiger charge is -2.19. The monoisotopic (exact) mass is 337 g/mol. The normalized spacial score (nSPS) is 19.9. The van der Waals surface area contributed by atoms with Crippen LogP contribution < -0.4 is 5.32 Å². The molecule has 0 spiro atoms. The van der Waals surface area contributed by atoms with E-state index in [2.05, 4.69) is 5.32 Å². The fraction of sp³-hybridized carbons (Fsp3) is 0.200. The van der Waals surface area contributed by atoms with Crippen LogP contribution in [0, 0.1) is 5.82 Å². The first-order chi connectivity index (χ1) is 11.9. The molecule has 25 heavy (non-hydrogen) atoms. The summed E-state index contributed by atoms with van der Waals surface area (Å²) in [6, 6.07) is 9.82. The summed E-state index contributed by atoms with van der Waals surface area (Å²) in [5.41, 5.74) is 3.35. The van der Waals surface area contributed by atoms with E-state index in [0.29, 0.717) is 29.0 Å². The summed E-state index contributed by atoms with van der Waals surface area (Å²) in [6.45, 7) is 3.81. The average Bonchev–Trinajstić information content (AvgIpc) is 3.01. The molecule has 0 aliphatic carbocycles. The second kappa shape index (κ2) is 5.28. The molecule has 0 fully saturated rings. The molecule has 0 radical (unpaired) electrons. The molecule has 5 heteroatoms. The number of carbonyl (C=O) groups is 2. The van der Waals surface area contributed by atoms with Crippen LogP contribution in [0.15, 0.2) is 36.4 Å². The van der Waals surface area contributed by atoms with E-state index in [1.54, 1.807) is 6.07 Å². The molecule has 2 aromatic carbocycles. The first kappa shape index (κ1) is 15.6. The van der Waals surface area contributed by atoms with Crippen LogP contribution in [0.2, 0.25) is 0 Å². The molecule has 0 saturated carbocycles. The number of hydrogen-bond donors (Lipinski definition) is 1. The number of hydrogen-bond acceptors (Lipinski definition) is 3. The average molecular weight is 337 g/mol. The van der Waals surface area contributed by atoms with Gasteiger partial charge in [0, 0.05) is 28.8 Å². The highest BCUT2D eigenvalue weighted by molar-refractivity contribution is 6.36. The minimum atomic E-state index is -0.646. The molecule has 0 bridgehead atoms. The Kier molecular flexibility index (Phi) is 3.29. The van der Waals surface area contributed by atoms with Crippen LogP contribution in [0.4, 0.5) is 10.1 Å². The zero-order valence-corrected chi connectivity index (χ0v) is 13.9. The van der Waals surface area contributed by atoms with Crippen molar-refractivity contribution in [2.75, 3.05) is 5.32 Å². The Morgan fingerprint density at radius 1 is 1.16 bits per heavy atom. The van der Waals surface area contributed by atoms with Gasteiger partial charge in [0.05, 0.1) is 5.57 Å². The lowest BCUT2D eigenvalue weighted by molar-refractivity contribution is -0.111. The molecule has 0 atom stereocenters. The van der Waals surface area contributed by atoms with Gasteiger partial charge in [-0.1, -0.05) is 18.2 Å². The minimum absolute atomic E-state index is 0.309. The van der Waals surface area contributed by atoms with Crippen LogP contribution >= 0.6 is 0 Å². The van der Waals surface area contributed by atoms with Crippen LogP contribution in [0.3, 0.4) is 0 Å². The maximum absolute atomic E-state index is 13.7. The Balaban J connectivity index is 1.95. The summed E-state index contributed by atoms with van der Waals surface area (Å²) < 4.78 is 19.8. The van der Waals surface area contributed by atoms with Crippen molar-refractivity contribution < 1.29 is 18.7 Å². The molecule has 2 aliphatic heterocycles. The van der Waals surface area contributed by atoms with Gasteiger partial charge in [0.1, 0.15) is 23.5 Å². The van der Waals surface area contributed by atoms with E-state index in [4.69, 9.17) is 4.74 Å². The molecular formula is C20H16FNO3. The van der Waals surface area contributed by atoms with Gasteiger partial charge in [-0.25, -0.2) is 4.39 Å². The van der Waals surface area contributed by atoms with Gasteiger partial charge < -0.3 is 14.8 Å². The molecule has 126 valence electrons. The van der Waals surface area contributed by atoms with E-state index in [1.165, 1.54) is 12.1 Å². The lowest BCUT2D eigenvalue weighted by atomic mass is 9.92. The molecule has 0 unspecified atom stereocenters. The predicted molar refractivity (Wildman–Crippen MR) is 92.2 cm³/mol. The second-order valence-electron chi connectivity index (χ2n) is 6.71. The minimum Gasteiger partial charge on any atom is -0.482 e. The molecule has 2 aromatic rings. The maximum Gasteiger partial charge on any atom is 0.260 e. The fourth-order valence-corrected chi connectivity index (χ4v) is 3.43. The van der Waals surface area contributed by atoms with E-state index in [-0.39, 0.29) is 5.91 Å². The summed E-state index contributed by atoms with van der Waals surface area (Å²) in [7, 11) is 0. The predicted octanol–water partition coefficient (Wildman–Crippen LogP) is 3.65. The van der Waals surface area contributed by atoms with Gasteiger partial charge in [-0.3, -0.25) is 4.79 Å². The summed E-state index contributed by atoms with van der Waals surface area (Å²) in [5.74, 6) is -0.275. The van der Waals surface area contributed by atoms with Crippen molar-refractivity contribution >= 4 is 29.2 Å². The number of nitrogens with one attached hydrogen (secondary N) is 1. The van der Waals surface area contributed by atoms with Crippen molar-refractivity contribution in [3.05, 3.63) is 64.5 Å². The highest BCUT2D eigenvalue weighted by Crippen LogP contribution is 2.48. The van der Waals surface area contributed by atoms with Crippen molar-refractivity contribution in [3.8, 4) is 0 Å². The maximum atomic E-state index is 13.7. The Morgan fingerprint density at radius 2 is 1.96 bits per heavy atom. The molecule has 1 amide bonds. The number of benzene rings is 2. The Morgan fingerprint density at radius 3 is 2.72 bits per heavy atom. The molecule has 2 aliphatic rings. The van der Waals surface area contributed by atoms with Gasteiger partial charge in [-0.15, -0.1) is 0 Å². The highest BCUT2D eigenvalue weighted by Gasteiger charge is 2.40. The lowest BCUT2D eigenvalue weighted by Crippen LogP contribution is -2.15. The number of ether oxygens (including phenoxy) is 1. The number of halogens is 1. The van der Waals surface area contributed by atoms with Gasteiger partial charge in [0.25, 0.3) is 5.91 Å². The molecule has 0 aromatic heterocycles. The first-order valence-electron chi connectivity index (χ1n) is 8.02. The van der Waals surface area contributed by atoms with E-state index >= 15 is 0 Å². The van der Waals surface area contributed by atoms with Gasteiger partial charge in [0.2, 0.25) is 0 Å². The van der Waals surface area contributed by atoms with Gasteiger partial charge in [-0.05, 0) is 37.6 Å². The number of amides is 1. The standard InChI is InChI=1S/C20H16FNO3/c1-20(2)15-9-11(7-8-23)3-5-13(15)18(25-20)17-14-10-12(21)4-6-16(14)22-19(17)24/h3-6,8-10H,7H2,1-2H3,(H,22,24)/b18-17+. The Bertz CT molecular complexity index is 959. The fourth-order valence-electron chi connectivity index (χ4n) is 3.43. The molecule has 1 N–H and O–H groups in total. The van der Waals surface area contributed by atoms with E-state index in [0.717, 1.165) is 23.0 Å². The van der Waals surface area contributed by atoms with Crippen molar-refractivity contribution in [1.82, 2.24) is 0 Å².